The van der Waals surface area contributed by atoms with Gasteiger partial charge in [-0.1, -0.05) is 29.8 Å². The van der Waals surface area contributed by atoms with E-state index in [9.17, 15) is 9.59 Å². The molecule has 1 N–H and O–H groups in total. The highest BCUT2D eigenvalue weighted by Gasteiger charge is 2.17. The number of fused-ring (bicyclic) bond motifs is 1. The average Bonchev–Trinajstić information content (AvgIpc) is 3.25. The number of carbonyl (C=O) groups excluding carboxylic acids is 1. The van der Waals surface area contributed by atoms with Crippen molar-refractivity contribution in [2.24, 2.45) is 7.05 Å². The van der Waals surface area contributed by atoms with Crippen LogP contribution in [0, 0.1) is 20.8 Å². The molecule has 0 radical (unpaired) electrons. The molecule has 33 heavy (non-hydrogen) atoms. The summed E-state index contributed by atoms with van der Waals surface area (Å²) in [5.74, 6) is 0.601. The molecule has 7 nitrogen and oxygen atoms in total. The number of nitrogens with zero attached hydrogens (tertiary/aromatic N) is 3. The number of rotatable bonds is 6. The Hall–Kier alpha value is -3.87. The maximum atomic E-state index is 13.3. The first-order valence-electron chi connectivity index (χ1n) is 10.9. The minimum absolute atomic E-state index is 0.124. The van der Waals surface area contributed by atoms with Crippen LogP contribution in [0.15, 0.2) is 53.3 Å². The first-order valence-corrected chi connectivity index (χ1v) is 10.9. The molecule has 0 saturated heterocycles. The number of nitrogens with one attached hydrogen (secondary N) is 1. The molecule has 0 aliphatic rings. The third-order valence-corrected chi connectivity index (χ3v) is 6.05. The zero-order chi connectivity index (χ0) is 23.7. The standard InChI is InChI=1S/C26H28N4O3/c1-16-9-11-22(17(2)13-16)27-24(31)12-10-21-18(3)29(4)25-15-23(28-30(25)26(21)32)19-7-6-8-20(14-19)33-5/h6-9,11,13-15H,10,12H2,1-5H3,(H,27,31). The van der Waals surface area contributed by atoms with Crippen molar-refractivity contribution >= 4 is 17.2 Å². The highest BCUT2D eigenvalue weighted by Crippen LogP contribution is 2.24. The zero-order valence-corrected chi connectivity index (χ0v) is 19.6. The summed E-state index contributed by atoms with van der Waals surface area (Å²) in [7, 11) is 3.52. The molecule has 0 bridgehead atoms. The number of aryl methyl sites for hydroxylation is 3. The SMILES string of the molecule is COc1cccc(-c2cc3n(C)c(C)c(CCC(=O)Nc4ccc(C)cc4C)c(=O)n3n2)c1. The molecule has 0 saturated carbocycles. The summed E-state index contributed by atoms with van der Waals surface area (Å²) in [5, 5.41) is 7.52. The number of amides is 1. The van der Waals surface area contributed by atoms with Crippen molar-refractivity contribution in [3.63, 3.8) is 0 Å². The van der Waals surface area contributed by atoms with Gasteiger partial charge < -0.3 is 14.6 Å². The molecular weight excluding hydrogens is 416 g/mol. The molecule has 0 aliphatic carbocycles. The van der Waals surface area contributed by atoms with Gasteiger partial charge >= 0.3 is 0 Å². The van der Waals surface area contributed by atoms with E-state index in [4.69, 9.17) is 4.74 Å². The van der Waals surface area contributed by atoms with E-state index in [-0.39, 0.29) is 17.9 Å². The van der Waals surface area contributed by atoms with Gasteiger partial charge in [-0.3, -0.25) is 9.59 Å². The number of methoxy groups -OCH3 is 1. The number of hydrogen-bond acceptors (Lipinski definition) is 4. The van der Waals surface area contributed by atoms with Crippen LogP contribution in [0.3, 0.4) is 0 Å². The number of aromatic nitrogens is 3. The molecule has 0 unspecified atom stereocenters. The van der Waals surface area contributed by atoms with E-state index >= 15 is 0 Å². The van der Waals surface area contributed by atoms with Crippen LogP contribution in [0.5, 0.6) is 5.75 Å². The molecule has 4 aromatic rings. The second-order valence-electron chi connectivity index (χ2n) is 8.33. The van der Waals surface area contributed by atoms with Gasteiger partial charge in [0.25, 0.3) is 5.56 Å². The maximum Gasteiger partial charge on any atom is 0.277 e. The van der Waals surface area contributed by atoms with Crippen LogP contribution >= 0.6 is 0 Å². The lowest BCUT2D eigenvalue weighted by Gasteiger charge is -2.13. The largest absolute Gasteiger partial charge is 0.497 e. The Labute approximate surface area is 192 Å². The van der Waals surface area contributed by atoms with Crippen LogP contribution < -0.4 is 15.6 Å². The van der Waals surface area contributed by atoms with E-state index in [1.807, 2.05) is 80.9 Å². The van der Waals surface area contributed by atoms with Crippen molar-refractivity contribution in [2.45, 2.75) is 33.6 Å². The van der Waals surface area contributed by atoms with E-state index in [1.54, 1.807) is 7.11 Å². The van der Waals surface area contributed by atoms with Gasteiger partial charge in [0.05, 0.1) is 12.8 Å². The Balaban J connectivity index is 1.61. The van der Waals surface area contributed by atoms with E-state index in [0.717, 1.165) is 33.8 Å². The van der Waals surface area contributed by atoms with Gasteiger partial charge in [0.2, 0.25) is 5.91 Å². The molecule has 1 amide bonds. The van der Waals surface area contributed by atoms with E-state index in [0.29, 0.717) is 23.3 Å². The number of ether oxygens (including phenoxy) is 1. The molecule has 7 heteroatoms. The van der Waals surface area contributed by atoms with Crippen molar-refractivity contribution in [1.29, 1.82) is 0 Å². The number of benzene rings is 2. The third-order valence-electron chi connectivity index (χ3n) is 6.05. The lowest BCUT2D eigenvalue weighted by molar-refractivity contribution is -0.116. The second kappa shape index (κ2) is 8.94. The zero-order valence-electron chi connectivity index (χ0n) is 19.6. The summed E-state index contributed by atoms with van der Waals surface area (Å²) in [6.45, 7) is 5.88. The van der Waals surface area contributed by atoms with Gasteiger partial charge in [-0.25, -0.2) is 0 Å². The summed E-state index contributed by atoms with van der Waals surface area (Å²) in [5.41, 5.74) is 6.40. The van der Waals surface area contributed by atoms with E-state index in [2.05, 4.69) is 10.4 Å². The summed E-state index contributed by atoms with van der Waals surface area (Å²) < 4.78 is 8.66. The molecule has 2 aromatic heterocycles. The van der Waals surface area contributed by atoms with Crippen LogP contribution in [0.25, 0.3) is 16.9 Å². The van der Waals surface area contributed by atoms with E-state index < -0.39 is 0 Å². The Kier molecular flexibility index (Phi) is 6.05. The maximum absolute atomic E-state index is 13.3. The Morgan fingerprint density at radius 3 is 2.61 bits per heavy atom. The summed E-state index contributed by atoms with van der Waals surface area (Å²) in [6.07, 6.45) is 0.540. The molecular formula is C26H28N4O3. The van der Waals surface area contributed by atoms with Gasteiger partial charge in [0.15, 0.2) is 0 Å². The predicted octanol–water partition coefficient (Wildman–Crippen LogP) is 4.21. The topological polar surface area (TPSA) is 77.6 Å². The van der Waals surface area contributed by atoms with Crippen molar-refractivity contribution in [3.8, 4) is 17.0 Å². The van der Waals surface area contributed by atoms with Gasteiger partial charge in [0, 0.05) is 42.0 Å². The Morgan fingerprint density at radius 1 is 1.09 bits per heavy atom. The molecule has 0 fully saturated rings. The highest BCUT2D eigenvalue weighted by molar-refractivity contribution is 5.91. The fourth-order valence-corrected chi connectivity index (χ4v) is 4.03. The lowest BCUT2D eigenvalue weighted by Crippen LogP contribution is -2.26. The normalized spacial score (nSPS) is 11.1. The van der Waals surface area contributed by atoms with E-state index in [1.165, 1.54) is 4.52 Å². The number of carbonyl (C=O) groups is 1. The smallest absolute Gasteiger partial charge is 0.277 e. The fourth-order valence-electron chi connectivity index (χ4n) is 4.03. The predicted molar refractivity (Wildman–Crippen MR) is 130 cm³/mol. The second-order valence-corrected chi connectivity index (χ2v) is 8.33. The molecule has 2 aromatic carbocycles. The quantitative estimate of drug-likeness (QED) is 0.483. The highest BCUT2D eigenvalue weighted by atomic mass is 16.5. The van der Waals surface area contributed by atoms with Crippen LogP contribution in [0.2, 0.25) is 0 Å². The minimum Gasteiger partial charge on any atom is -0.497 e. The van der Waals surface area contributed by atoms with Crippen molar-refractivity contribution in [2.75, 3.05) is 12.4 Å². The molecule has 0 aliphatic heterocycles. The summed E-state index contributed by atoms with van der Waals surface area (Å²) in [6, 6.07) is 15.4. The minimum atomic E-state index is -0.200. The third kappa shape index (κ3) is 4.39. The van der Waals surface area contributed by atoms with Gasteiger partial charge in [-0.05, 0) is 51.0 Å². The first-order chi connectivity index (χ1) is 15.8. The Morgan fingerprint density at radius 2 is 1.88 bits per heavy atom. The van der Waals surface area contributed by atoms with Crippen LogP contribution in [-0.4, -0.2) is 27.2 Å². The van der Waals surface area contributed by atoms with Crippen LogP contribution in [0.1, 0.15) is 28.8 Å². The van der Waals surface area contributed by atoms with Crippen LogP contribution in [-0.2, 0) is 18.3 Å². The fraction of sp³-hybridized carbons (Fsp3) is 0.269. The monoisotopic (exact) mass is 444 g/mol. The van der Waals surface area contributed by atoms with Crippen molar-refractivity contribution < 1.29 is 9.53 Å². The van der Waals surface area contributed by atoms with Gasteiger partial charge in [0.1, 0.15) is 11.4 Å². The summed E-state index contributed by atoms with van der Waals surface area (Å²) >= 11 is 0. The number of anilines is 1. The molecule has 0 spiro atoms. The van der Waals surface area contributed by atoms with Gasteiger partial charge in [-0.15, -0.1) is 0 Å². The van der Waals surface area contributed by atoms with Crippen molar-refractivity contribution in [1.82, 2.24) is 14.2 Å². The molecule has 0 atom stereocenters. The molecule has 170 valence electrons. The molecule has 2 heterocycles. The molecule has 4 rings (SSSR count). The summed E-state index contributed by atoms with van der Waals surface area (Å²) in [4.78, 5) is 25.9. The first kappa shape index (κ1) is 22.3. The Bertz CT molecular complexity index is 1420. The van der Waals surface area contributed by atoms with Gasteiger partial charge in [-0.2, -0.15) is 9.61 Å². The average molecular weight is 445 g/mol. The number of hydrogen-bond donors (Lipinski definition) is 1. The van der Waals surface area contributed by atoms with Crippen molar-refractivity contribution in [3.05, 3.63) is 81.3 Å². The lowest BCUT2D eigenvalue weighted by atomic mass is 10.1. The van der Waals surface area contributed by atoms with Crippen LogP contribution in [0.4, 0.5) is 5.69 Å².